The van der Waals surface area contributed by atoms with Gasteiger partial charge < -0.3 is 4.90 Å². The molecule has 0 aromatic carbocycles. The second-order valence-electron chi connectivity index (χ2n) is 3.88. The molecule has 0 aliphatic rings. The molecule has 0 aliphatic heterocycles. The molecule has 0 aromatic rings. The quantitative estimate of drug-likeness (QED) is 0.623. The Morgan fingerprint density at radius 1 is 1.38 bits per heavy atom. The van der Waals surface area contributed by atoms with E-state index in [4.69, 9.17) is 0 Å². The average molecular weight is 185 g/mol. The van der Waals surface area contributed by atoms with Gasteiger partial charge in [-0.3, -0.25) is 4.79 Å². The van der Waals surface area contributed by atoms with Crippen LogP contribution in [-0.4, -0.2) is 24.4 Å². The lowest BCUT2D eigenvalue weighted by molar-refractivity contribution is -0.130. The second kappa shape index (κ2) is 6.93. The predicted molar refractivity (Wildman–Crippen MR) is 56.6 cm³/mol. The maximum atomic E-state index is 11.2. The number of rotatable bonds is 6. The first kappa shape index (κ1) is 12.5. The molecule has 78 valence electrons. The first-order valence-corrected chi connectivity index (χ1v) is 5.35. The van der Waals surface area contributed by atoms with Crippen molar-refractivity contribution in [3.63, 3.8) is 0 Å². The van der Waals surface area contributed by atoms with Crippen molar-refractivity contribution >= 4 is 5.91 Å². The summed E-state index contributed by atoms with van der Waals surface area (Å²) >= 11 is 0. The van der Waals surface area contributed by atoms with E-state index >= 15 is 0 Å². The summed E-state index contributed by atoms with van der Waals surface area (Å²) in [5, 5.41) is 0. The van der Waals surface area contributed by atoms with Gasteiger partial charge >= 0.3 is 0 Å². The molecule has 13 heavy (non-hydrogen) atoms. The highest BCUT2D eigenvalue weighted by atomic mass is 16.2. The van der Waals surface area contributed by atoms with E-state index in [1.165, 1.54) is 19.3 Å². The van der Waals surface area contributed by atoms with Gasteiger partial charge in [0.15, 0.2) is 0 Å². The highest BCUT2D eigenvalue weighted by Gasteiger charge is 2.09. The van der Waals surface area contributed by atoms with Crippen molar-refractivity contribution in [3.05, 3.63) is 0 Å². The van der Waals surface area contributed by atoms with Gasteiger partial charge in [0.25, 0.3) is 0 Å². The number of carbonyl (C=O) groups is 1. The summed E-state index contributed by atoms with van der Waals surface area (Å²) in [7, 11) is 1.90. The van der Waals surface area contributed by atoms with Gasteiger partial charge in [0.2, 0.25) is 5.91 Å². The SMILES string of the molecule is CCCCC(C)CN(C)C(=O)CC. The monoisotopic (exact) mass is 185 g/mol. The van der Waals surface area contributed by atoms with Gasteiger partial charge in [0.05, 0.1) is 0 Å². The Morgan fingerprint density at radius 2 is 2.00 bits per heavy atom. The van der Waals surface area contributed by atoms with Crippen molar-refractivity contribution in [2.45, 2.75) is 46.5 Å². The molecule has 0 N–H and O–H groups in total. The Labute approximate surface area is 82.3 Å². The molecule has 0 heterocycles. The standard InChI is InChI=1S/C11H23NO/c1-5-7-8-10(3)9-12(4)11(13)6-2/h10H,5-9H2,1-4H3. The Balaban J connectivity index is 3.64. The topological polar surface area (TPSA) is 20.3 Å². The van der Waals surface area contributed by atoms with E-state index in [0.717, 1.165) is 6.54 Å². The van der Waals surface area contributed by atoms with Gasteiger partial charge in [-0.2, -0.15) is 0 Å². The van der Waals surface area contributed by atoms with Crippen molar-refractivity contribution in [2.24, 2.45) is 5.92 Å². The van der Waals surface area contributed by atoms with Gasteiger partial charge in [0.1, 0.15) is 0 Å². The minimum atomic E-state index is 0.253. The minimum Gasteiger partial charge on any atom is -0.346 e. The van der Waals surface area contributed by atoms with E-state index in [9.17, 15) is 4.79 Å². The fourth-order valence-corrected chi connectivity index (χ4v) is 1.48. The van der Waals surface area contributed by atoms with Crippen molar-refractivity contribution in [2.75, 3.05) is 13.6 Å². The molecule has 0 aromatic heterocycles. The van der Waals surface area contributed by atoms with Gasteiger partial charge in [0, 0.05) is 20.0 Å². The van der Waals surface area contributed by atoms with Crippen LogP contribution >= 0.6 is 0 Å². The summed E-state index contributed by atoms with van der Waals surface area (Å²) in [6.45, 7) is 7.24. The summed E-state index contributed by atoms with van der Waals surface area (Å²) < 4.78 is 0. The molecular weight excluding hydrogens is 162 g/mol. The van der Waals surface area contributed by atoms with Crippen molar-refractivity contribution in [1.29, 1.82) is 0 Å². The Hall–Kier alpha value is -0.530. The molecule has 2 nitrogen and oxygen atoms in total. The van der Waals surface area contributed by atoms with E-state index in [0.29, 0.717) is 12.3 Å². The number of amides is 1. The molecular formula is C11H23NO. The van der Waals surface area contributed by atoms with Crippen LogP contribution in [0, 0.1) is 5.92 Å². The van der Waals surface area contributed by atoms with E-state index in [1.807, 2.05) is 18.9 Å². The number of hydrogen-bond acceptors (Lipinski definition) is 1. The molecule has 0 fully saturated rings. The molecule has 0 rings (SSSR count). The van der Waals surface area contributed by atoms with Crippen LogP contribution in [0.5, 0.6) is 0 Å². The maximum Gasteiger partial charge on any atom is 0.222 e. The van der Waals surface area contributed by atoms with Crippen LogP contribution in [0.2, 0.25) is 0 Å². The molecule has 0 spiro atoms. The number of nitrogens with zero attached hydrogens (tertiary/aromatic N) is 1. The number of hydrogen-bond donors (Lipinski definition) is 0. The summed E-state index contributed by atoms with van der Waals surface area (Å²) in [6, 6.07) is 0. The summed E-state index contributed by atoms with van der Waals surface area (Å²) in [6.07, 6.45) is 4.37. The van der Waals surface area contributed by atoms with Crippen LogP contribution < -0.4 is 0 Å². The first-order chi connectivity index (χ1) is 6.11. The lowest BCUT2D eigenvalue weighted by atomic mass is 10.0. The zero-order valence-corrected chi connectivity index (χ0v) is 9.47. The maximum absolute atomic E-state index is 11.2. The van der Waals surface area contributed by atoms with Crippen LogP contribution in [0.25, 0.3) is 0 Å². The van der Waals surface area contributed by atoms with Crippen molar-refractivity contribution < 1.29 is 4.79 Å². The van der Waals surface area contributed by atoms with Crippen LogP contribution in [0.4, 0.5) is 0 Å². The Bertz CT molecular complexity index is 145. The fraction of sp³-hybridized carbons (Fsp3) is 0.909. The third kappa shape index (κ3) is 5.67. The van der Waals surface area contributed by atoms with Crippen LogP contribution in [0.15, 0.2) is 0 Å². The lowest BCUT2D eigenvalue weighted by Gasteiger charge is -2.20. The summed E-state index contributed by atoms with van der Waals surface area (Å²) in [5.74, 6) is 0.892. The highest BCUT2D eigenvalue weighted by Crippen LogP contribution is 2.09. The molecule has 0 bridgehead atoms. The summed E-state index contributed by atoms with van der Waals surface area (Å²) in [5.41, 5.74) is 0. The minimum absolute atomic E-state index is 0.253. The van der Waals surface area contributed by atoms with E-state index in [-0.39, 0.29) is 5.91 Å². The number of carbonyl (C=O) groups excluding carboxylic acids is 1. The third-order valence-electron chi connectivity index (χ3n) is 2.36. The molecule has 1 atom stereocenters. The van der Waals surface area contributed by atoms with Gasteiger partial charge in [-0.15, -0.1) is 0 Å². The largest absolute Gasteiger partial charge is 0.346 e. The molecule has 0 radical (unpaired) electrons. The normalized spacial score (nSPS) is 12.6. The zero-order chi connectivity index (χ0) is 10.3. The molecule has 0 aliphatic carbocycles. The van der Waals surface area contributed by atoms with Gasteiger partial charge in [-0.05, 0) is 12.3 Å². The molecule has 0 saturated heterocycles. The smallest absolute Gasteiger partial charge is 0.222 e. The fourth-order valence-electron chi connectivity index (χ4n) is 1.48. The van der Waals surface area contributed by atoms with Crippen molar-refractivity contribution in [1.82, 2.24) is 4.90 Å². The Kier molecular flexibility index (Phi) is 6.65. The average Bonchev–Trinajstić information content (AvgIpc) is 2.13. The van der Waals surface area contributed by atoms with Gasteiger partial charge in [-0.1, -0.05) is 33.6 Å². The molecule has 0 saturated carbocycles. The van der Waals surface area contributed by atoms with Crippen LogP contribution in [-0.2, 0) is 4.79 Å². The van der Waals surface area contributed by atoms with Crippen LogP contribution in [0.1, 0.15) is 46.5 Å². The molecule has 1 unspecified atom stereocenters. The molecule has 1 amide bonds. The van der Waals surface area contributed by atoms with E-state index < -0.39 is 0 Å². The Morgan fingerprint density at radius 3 is 2.46 bits per heavy atom. The predicted octanol–water partition coefficient (Wildman–Crippen LogP) is 2.68. The van der Waals surface area contributed by atoms with E-state index in [1.54, 1.807) is 0 Å². The third-order valence-corrected chi connectivity index (χ3v) is 2.36. The summed E-state index contributed by atoms with van der Waals surface area (Å²) in [4.78, 5) is 13.1. The first-order valence-electron chi connectivity index (χ1n) is 5.35. The van der Waals surface area contributed by atoms with E-state index in [2.05, 4.69) is 13.8 Å². The van der Waals surface area contributed by atoms with Gasteiger partial charge in [-0.25, -0.2) is 0 Å². The lowest BCUT2D eigenvalue weighted by Crippen LogP contribution is -2.30. The molecule has 2 heteroatoms. The number of unbranched alkanes of at least 4 members (excludes halogenated alkanes) is 1. The van der Waals surface area contributed by atoms with Crippen LogP contribution in [0.3, 0.4) is 0 Å². The van der Waals surface area contributed by atoms with Crippen molar-refractivity contribution in [3.8, 4) is 0 Å². The second-order valence-corrected chi connectivity index (χ2v) is 3.88. The zero-order valence-electron chi connectivity index (χ0n) is 9.47. The highest BCUT2D eigenvalue weighted by molar-refractivity contribution is 5.75.